The first-order valence-corrected chi connectivity index (χ1v) is 10.5. The van der Waals surface area contributed by atoms with E-state index in [-0.39, 0.29) is 48.9 Å². The quantitative estimate of drug-likeness (QED) is 0.612. The van der Waals surface area contributed by atoms with E-state index in [9.17, 15) is 19.8 Å². The first kappa shape index (κ1) is 25.6. The Balaban J connectivity index is 2.46. The molecular weight excluding hydrogens is 414 g/mol. The fourth-order valence-electron chi connectivity index (χ4n) is 3.22. The normalized spacial score (nSPS) is 19.6. The number of pyridine rings is 1. The molecule has 0 spiro atoms. The Morgan fingerprint density at radius 2 is 2.19 bits per heavy atom. The SMILES string of the molecule is COCC(=O)N(C)C[C@H]1Oc2ncc(C#CC(C)(C)O)cc2C(=O)N([C@H](C)CO)C[C@H]1C. The first-order valence-electron chi connectivity index (χ1n) is 10.5. The maximum Gasteiger partial charge on any atom is 0.259 e. The number of carbonyl (C=O) groups is 2. The number of hydrogen-bond donors (Lipinski definition) is 2. The van der Waals surface area contributed by atoms with Crippen molar-refractivity contribution in [3.63, 3.8) is 0 Å². The topological polar surface area (TPSA) is 112 Å². The number of rotatable bonds is 6. The van der Waals surface area contributed by atoms with Gasteiger partial charge in [-0.2, -0.15) is 0 Å². The molecule has 0 radical (unpaired) electrons. The minimum absolute atomic E-state index is 0.0399. The molecule has 0 saturated carbocycles. The number of fused-ring (bicyclic) bond motifs is 1. The summed E-state index contributed by atoms with van der Waals surface area (Å²) in [4.78, 5) is 32.9. The van der Waals surface area contributed by atoms with Crippen LogP contribution in [0.4, 0.5) is 0 Å². The summed E-state index contributed by atoms with van der Waals surface area (Å²) in [6.07, 6.45) is 1.04. The average molecular weight is 448 g/mol. The molecule has 2 heterocycles. The van der Waals surface area contributed by atoms with Crippen LogP contribution in [0.15, 0.2) is 12.3 Å². The van der Waals surface area contributed by atoms with E-state index in [1.165, 1.54) is 18.2 Å². The summed E-state index contributed by atoms with van der Waals surface area (Å²) in [7, 11) is 3.12. The lowest BCUT2D eigenvalue weighted by Gasteiger charge is -2.37. The zero-order chi connectivity index (χ0) is 24.1. The van der Waals surface area contributed by atoms with Gasteiger partial charge in [0.2, 0.25) is 11.8 Å². The van der Waals surface area contributed by atoms with E-state index in [2.05, 4.69) is 16.8 Å². The summed E-state index contributed by atoms with van der Waals surface area (Å²) in [6.45, 7) is 7.19. The van der Waals surface area contributed by atoms with Gasteiger partial charge in [0.05, 0.1) is 19.2 Å². The predicted molar refractivity (Wildman–Crippen MR) is 118 cm³/mol. The molecule has 1 aromatic rings. The molecule has 0 unspecified atom stereocenters. The number of aliphatic hydroxyl groups is 2. The highest BCUT2D eigenvalue weighted by Gasteiger charge is 2.34. The monoisotopic (exact) mass is 447 g/mol. The number of ether oxygens (including phenoxy) is 2. The summed E-state index contributed by atoms with van der Waals surface area (Å²) >= 11 is 0. The van der Waals surface area contributed by atoms with Crippen molar-refractivity contribution in [2.75, 3.05) is 40.5 Å². The molecule has 0 bridgehead atoms. The fraction of sp³-hybridized carbons (Fsp3) is 0.609. The molecule has 3 atom stereocenters. The van der Waals surface area contributed by atoms with Gasteiger partial charge in [0.1, 0.15) is 23.9 Å². The van der Waals surface area contributed by atoms with Crippen molar-refractivity contribution in [1.82, 2.24) is 14.8 Å². The Morgan fingerprint density at radius 1 is 1.50 bits per heavy atom. The van der Waals surface area contributed by atoms with Gasteiger partial charge in [0.25, 0.3) is 5.91 Å². The lowest BCUT2D eigenvalue weighted by Crippen LogP contribution is -2.50. The average Bonchev–Trinajstić information content (AvgIpc) is 2.73. The Kier molecular flexibility index (Phi) is 8.61. The van der Waals surface area contributed by atoms with Crippen molar-refractivity contribution in [2.24, 2.45) is 5.92 Å². The van der Waals surface area contributed by atoms with Crippen molar-refractivity contribution in [1.29, 1.82) is 0 Å². The van der Waals surface area contributed by atoms with Crippen LogP contribution in [0.25, 0.3) is 0 Å². The van der Waals surface area contributed by atoms with Crippen LogP contribution >= 0.6 is 0 Å². The van der Waals surface area contributed by atoms with E-state index in [1.54, 1.807) is 38.8 Å². The zero-order valence-corrected chi connectivity index (χ0v) is 19.6. The summed E-state index contributed by atoms with van der Waals surface area (Å²) in [5.74, 6) is 5.02. The third-order valence-corrected chi connectivity index (χ3v) is 5.18. The number of hydrogen-bond acceptors (Lipinski definition) is 7. The minimum Gasteiger partial charge on any atom is -0.472 e. The van der Waals surface area contributed by atoms with Crippen molar-refractivity contribution in [3.8, 4) is 17.7 Å². The molecular formula is C23H33N3O6. The standard InChI is InChI=1S/C23H33N3O6/c1-15-11-26(16(2)13-27)22(29)18-9-17(7-8-23(3,4)30)10-24-21(18)32-19(15)12-25(5)20(28)14-31-6/h9-10,15-16,19,27,30H,11-14H2,1-6H3/t15-,16-,19-/m1/s1. The van der Waals surface area contributed by atoms with Gasteiger partial charge in [-0.25, -0.2) is 4.98 Å². The van der Waals surface area contributed by atoms with E-state index in [0.29, 0.717) is 12.1 Å². The summed E-state index contributed by atoms with van der Waals surface area (Å²) < 4.78 is 11.1. The van der Waals surface area contributed by atoms with E-state index in [1.807, 2.05) is 6.92 Å². The molecule has 0 fully saturated rings. The van der Waals surface area contributed by atoms with E-state index in [4.69, 9.17) is 9.47 Å². The second-order valence-corrected chi connectivity index (χ2v) is 8.72. The highest BCUT2D eigenvalue weighted by molar-refractivity contribution is 5.97. The number of carbonyl (C=O) groups excluding carboxylic acids is 2. The van der Waals surface area contributed by atoms with Crippen LogP contribution in [0.5, 0.6) is 5.88 Å². The van der Waals surface area contributed by atoms with Crippen LogP contribution in [0.3, 0.4) is 0 Å². The largest absolute Gasteiger partial charge is 0.472 e. The molecule has 0 aromatic carbocycles. The van der Waals surface area contributed by atoms with Crippen molar-refractivity contribution >= 4 is 11.8 Å². The second kappa shape index (κ2) is 10.8. The zero-order valence-electron chi connectivity index (χ0n) is 19.6. The Labute approximate surface area is 189 Å². The highest BCUT2D eigenvalue weighted by atomic mass is 16.5. The van der Waals surface area contributed by atoms with Gasteiger partial charge in [-0.1, -0.05) is 18.8 Å². The molecule has 9 nitrogen and oxygen atoms in total. The van der Waals surface area contributed by atoms with Gasteiger partial charge in [0, 0.05) is 38.4 Å². The van der Waals surface area contributed by atoms with Crippen LogP contribution in [0.1, 0.15) is 43.6 Å². The van der Waals surface area contributed by atoms with E-state index in [0.717, 1.165) is 0 Å². The predicted octanol–water partition coefficient (Wildman–Crippen LogP) is 0.529. The minimum atomic E-state index is -1.19. The summed E-state index contributed by atoms with van der Waals surface area (Å²) in [5, 5.41) is 19.6. The van der Waals surface area contributed by atoms with Crippen LogP contribution in [0.2, 0.25) is 0 Å². The Morgan fingerprint density at radius 3 is 2.78 bits per heavy atom. The smallest absolute Gasteiger partial charge is 0.259 e. The molecule has 1 aromatic heterocycles. The maximum absolute atomic E-state index is 13.3. The molecule has 0 saturated heterocycles. The van der Waals surface area contributed by atoms with Gasteiger partial charge in [0.15, 0.2) is 0 Å². The van der Waals surface area contributed by atoms with E-state index >= 15 is 0 Å². The van der Waals surface area contributed by atoms with Gasteiger partial charge < -0.3 is 29.5 Å². The molecule has 2 rings (SSSR count). The van der Waals surface area contributed by atoms with Gasteiger partial charge >= 0.3 is 0 Å². The number of amides is 2. The number of aliphatic hydroxyl groups excluding tert-OH is 1. The van der Waals surface area contributed by atoms with Crippen LogP contribution in [0, 0.1) is 17.8 Å². The van der Waals surface area contributed by atoms with E-state index < -0.39 is 17.7 Å². The molecule has 9 heteroatoms. The van der Waals surface area contributed by atoms with Crippen molar-refractivity contribution < 1.29 is 29.3 Å². The lowest BCUT2D eigenvalue weighted by molar-refractivity contribution is -0.135. The number of methoxy groups -OCH3 is 1. The molecule has 0 aliphatic carbocycles. The second-order valence-electron chi connectivity index (χ2n) is 8.72. The Hall–Kier alpha value is -2.67. The third kappa shape index (κ3) is 6.66. The van der Waals surface area contributed by atoms with Crippen LogP contribution in [-0.2, 0) is 9.53 Å². The van der Waals surface area contributed by atoms with Gasteiger partial charge in [-0.15, -0.1) is 0 Å². The lowest BCUT2D eigenvalue weighted by atomic mass is 10.00. The summed E-state index contributed by atoms with van der Waals surface area (Å²) in [5.41, 5.74) is -0.519. The highest BCUT2D eigenvalue weighted by Crippen LogP contribution is 2.27. The van der Waals surface area contributed by atoms with Gasteiger partial charge in [-0.05, 0) is 26.8 Å². The maximum atomic E-state index is 13.3. The molecule has 1 aliphatic heterocycles. The third-order valence-electron chi connectivity index (χ3n) is 5.18. The number of likely N-dealkylation sites (N-methyl/N-ethyl adjacent to an activating group) is 1. The van der Waals surface area contributed by atoms with Crippen LogP contribution < -0.4 is 4.74 Å². The number of aromatic nitrogens is 1. The summed E-state index contributed by atoms with van der Waals surface area (Å²) in [6, 6.07) is 1.16. The van der Waals surface area contributed by atoms with Crippen molar-refractivity contribution in [2.45, 2.75) is 45.4 Å². The van der Waals surface area contributed by atoms with Crippen LogP contribution in [-0.4, -0.2) is 95.0 Å². The molecule has 2 amide bonds. The molecule has 2 N–H and O–H groups in total. The van der Waals surface area contributed by atoms with Crippen molar-refractivity contribution in [3.05, 3.63) is 23.4 Å². The fourth-order valence-corrected chi connectivity index (χ4v) is 3.22. The Bertz CT molecular complexity index is 886. The molecule has 1 aliphatic rings. The number of nitrogens with zero attached hydrogens (tertiary/aromatic N) is 3. The van der Waals surface area contributed by atoms with Gasteiger partial charge in [-0.3, -0.25) is 9.59 Å². The molecule has 176 valence electrons. The molecule has 32 heavy (non-hydrogen) atoms. The first-order chi connectivity index (χ1) is 15.0.